The van der Waals surface area contributed by atoms with Gasteiger partial charge >= 0.3 is 5.97 Å². The van der Waals surface area contributed by atoms with E-state index < -0.39 is 12.0 Å². The van der Waals surface area contributed by atoms with Crippen LogP contribution in [0, 0.1) is 0 Å². The first kappa shape index (κ1) is 13.4. The average molecular weight is 205 g/mol. The zero-order valence-electron chi connectivity index (χ0n) is 8.78. The highest BCUT2D eigenvalue weighted by Crippen LogP contribution is 1.85. The van der Waals surface area contributed by atoms with Crippen molar-refractivity contribution in [3.8, 4) is 0 Å². The van der Waals surface area contributed by atoms with E-state index in [0.29, 0.717) is 26.4 Å². The van der Waals surface area contributed by atoms with Crippen molar-refractivity contribution in [1.29, 1.82) is 0 Å². The van der Waals surface area contributed by atoms with Crippen molar-refractivity contribution in [2.45, 2.75) is 19.4 Å². The third kappa shape index (κ3) is 7.97. The van der Waals surface area contributed by atoms with Crippen LogP contribution in [0.1, 0.15) is 13.3 Å². The van der Waals surface area contributed by atoms with E-state index in [2.05, 4.69) is 5.32 Å². The van der Waals surface area contributed by atoms with Crippen LogP contribution in [0.4, 0.5) is 0 Å². The number of rotatable bonds is 9. The Morgan fingerprint density at radius 3 is 2.71 bits per heavy atom. The van der Waals surface area contributed by atoms with Crippen molar-refractivity contribution in [3.05, 3.63) is 0 Å². The summed E-state index contributed by atoms with van der Waals surface area (Å²) in [5, 5.41) is 11.4. The Hall–Kier alpha value is -0.650. The number of carboxylic acids is 1. The molecule has 84 valence electrons. The second-order valence-electron chi connectivity index (χ2n) is 2.97. The fraction of sp³-hybridized carbons (Fsp3) is 0.889. The summed E-state index contributed by atoms with van der Waals surface area (Å²) in [6.07, 6.45) is 0.807. The minimum absolute atomic E-state index is 0.492. The van der Waals surface area contributed by atoms with Gasteiger partial charge in [-0.2, -0.15) is 0 Å². The average Bonchev–Trinajstić information content (AvgIpc) is 2.16. The monoisotopic (exact) mass is 205 g/mol. The summed E-state index contributed by atoms with van der Waals surface area (Å²) in [5.41, 5.74) is 0. The van der Waals surface area contributed by atoms with E-state index >= 15 is 0 Å². The van der Waals surface area contributed by atoms with E-state index in [9.17, 15) is 4.79 Å². The van der Waals surface area contributed by atoms with Crippen LogP contribution < -0.4 is 5.32 Å². The van der Waals surface area contributed by atoms with Crippen LogP contribution in [0.15, 0.2) is 0 Å². The predicted molar refractivity (Wildman–Crippen MR) is 52.4 cm³/mol. The largest absolute Gasteiger partial charge is 0.480 e. The molecule has 0 aromatic rings. The Kier molecular flexibility index (Phi) is 8.51. The molecule has 0 aromatic heterocycles. The molecular formula is C9H19NO4. The number of ether oxygens (including phenoxy) is 2. The molecule has 0 unspecified atom stereocenters. The van der Waals surface area contributed by atoms with Crippen molar-refractivity contribution in [1.82, 2.24) is 5.32 Å². The van der Waals surface area contributed by atoms with E-state index in [-0.39, 0.29) is 0 Å². The number of methoxy groups -OCH3 is 1. The number of carbonyl (C=O) groups is 1. The number of nitrogens with one attached hydrogen (secondary N) is 1. The molecule has 0 fully saturated rings. The van der Waals surface area contributed by atoms with Crippen molar-refractivity contribution in [3.63, 3.8) is 0 Å². The molecule has 0 bridgehead atoms. The first-order valence-corrected chi connectivity index (χ1v) is 4.71. The van der Waals surface area contributed by atoms with Crippen molar-refractivity contribution < 1.29 is 19.4 Å². The minimum atomic E-state index is -0.828. The third-order valence-corrected chi connectivity index (χ3v) is 1.72. The number of aliphatic carboxylic acids is 1. The van der Waals surface area contributed by atoms with Gasteiger partial charge in [-0.05, 0) is 19.9 Å². The number of hydrogen-bond acceptors (Lipinski definition) is 4. The third-order valence-electron chi connectivity index (χ3n) is 1.72. The topological polar surface area (TPSA) is 67.8 Å². The smallest absolute Gasteiger partial charge is 0.320 e. The molecule has 0 amide bonds. The van der Waals surface area contributed by atoms with E-state index in [4.69, 9.17) is 14.6 Å². The Morgan fingerprint density at radius 1 is 1.43 bits per heavy atom. The highest BCUT2D eigenvalue weighted by atomic mass is 16.5. The highest BCUT2D eigenvalue weighted by molar-refractivity contribution is 5.72. The lowest BCUT2D eigenvalue weighted by Gasteiger charge is -2.08. The van der Waals surface area contributed by atoms with Crippen LogP contribution in [0.3, 0.4) is 0 Å². The summed E-state index contributed by atoms with van der Waals surface area (Å²) >= 11 is 0. The second kappa shape index (κ2) is 8.93. The lowest BCUT2D eigenvalue weighted by molar-refractivity contribution is -0.139. The maximum Gasteiger partial charge on any atom is 0.320 e. The molecule has 0 rings (SSSR count). The molecule has 5 heteroatoms. The van der Waals surface area contributed by atoms with E-state index in [1.807, 2.05) is 0 Å². The van der Waals surface area contributed by atoms with Crippen LogP contribution in [-0.4, -0.2) is 50.6 Å². The summed E-state index contributed by atoms with van der Waals surface area (Å²) in [6, 6.07) is -0.492. The zero-order valence-corrected chi connectivity index (χ0v) is 8.78. The molecular weight excluding hydrogens is 186 g/mol. The van der Waals surface area contributed by atoms with Crippen LogP contribution >= 0.6 is 0 Å². The van der Waals surface area contributed by atoms with Gasteiger partial charge in [0.2, 0.25) is 0 Å². The molecule has 14 heavy (non-hydrogen) atoms. The highest BCUT2D eigenvalue weighted by Gasteiger charge is 2.07. The Balaban J connectivity index is 3.09. The fourth-order valence-electron chi connectivity index (χ4n) is 0.824. The molecule has 2 N–H and O–H groups in total. The molecule has 0 aliphatic carbocycles. The first-order valence-electron chi connectivity index (χ1n) is 4.71. The number of hydrogen-bond donors (Lipinski definition) is 2. The van der Waals surface area contributed by atoms with Crippen molar-refractivity contribution in [2.24, 2.45) is 0 Å². The van der Waals surface area contributed by atoms with Gasteiger partial charge in [0, 0.05) is 13.7 Å². The second-order valence-corrected chi connectivity index (χ2v) is 2.97. The SMILES string of the molecule is COCCOCCCN[C@H](C)C(=O)O. The predicted octanol–water partition coefficient (Wildman–Crippen LogP) is 0.102. The molecule has 0 aromatic carbocycles. The number of carboxylic acid groups (broad SMARTS) is 1. The van der Waals surface area contributed by atoms with Crippen LogP contribution in [0.25, 0.3) is 0 Å². The lowest BCUT2D eigenvalue weighted by atomic mass is 10.3. The molecule has 0 spiro atoms. The fourth-order valence-corrected chi connectivity index (χ4v) is 0.824. The quantitative estimate of drug-likeness (QED) is 0.523. The van der Waals surface area contributed by atoms with Gasteiger partial charge in [0.15, 0.2) is 0 Å². The zero-order chi connectivity index (χ0) is 10.8. The molecule has 0 aliphatic heterocycles. The molecule has 0 saturated heterocycles. The summed E-state index contributed by atoms with van der Waals surface area (Å²) in [7, 11) is 1.62. The van der Waals surface area contributed by atoms with E-state index in [0.717, 1.165) is 6.42 Å². The molecule has 0 aliphatic rings. The van der Waals surface area contributed by atoms with E-state index in [1.165, 1.54) is 0 Å². The first-order chi connectivity index (χ1) is 6.68. The summed E-state index contributed by atoms with van der Waals surface area (Å²) in [4.78, 5) is 10.4. The normalized spacial score (nSPS) is 12.7. The summed E-state index contributed by atoms with van der Waals surface area (Å²) in [6.45, 7) is 4.08. The molecule has 5 nitrogen and oxygen atoms in total. The van der Waals surface area contributed by atoms with Gasteiger partial charge in [-0.3, -0.25) is 4.79 Å². The van der Waals surface area contributed by atoms with Crippen molar-refractivity contribution in [2.75, 3.05) is 33.5 Å². The van der Waals surface area contributed by atoms with Gasteiger partial charge in [-0.1, -0.05) is 0 Å². The summed E-state index contributed by atoms with van der Waals surface area (Å²) in [5.74, 6) is -0.828. The molecule has 1 atom stereocenters. The van der Waals surface area contributed by atoms with Gasteiger partial charge in [0.25, 0.3) is 0 Å². The standard InChI is InChI=1S/C9H19NO4/c1-8(9(11)12)10-4-3-5-14-7-6-13-2/h8,10H,3-7H2,1-2H3,(H,11,12)/t8-/m1/s1. The van der Waals surface area contributed by atoms with E-state index in [1.54, 1.807) is 14.0 Å². The van der Waals surface area contributed by atoms with Crippen LogP contribution in [0.2, 0.25) is 0 Å². The Bertz CT molecular complexity index is 152. The van der Waals surface area contributed by atoms with Crippen molar-refractivity contribution >= 4 is 5.97 Å². The maximum absolute atomic E-state index is 10.4. The minimum Gasteiger partial charge on any atom is -0.480 e. The van der Waals surface area contributed by atoms with Crippen LogP contribution in [-0.2, 0) is 14.3 Å². The van der Waals surface area contributed by atoms with Gasteiger partial charge in [0.05, 0.1) is 13.2 Å². The molecule has 0 heterocycles. The Morgan fingerprint density at radius 2 is 2.14 bits per heavy atom. The lowest BCUT2D eigenvalue weighted by Crippen LogP contribution is -2.34. The molecule has 0 radical (unpaired) electrons. The van der Waals surface area contributed by atoms with Gasteiger partial charge in [-0.25, -0.2) is 0 Å². The van der Waals surface area contributed by atoms with Crippen LogP contribution in [0.5, 0.6) is 0 Å². The van der Waals surface area contributed by atoms with Gasteiger partial charge < -0.3 is 19.9 Å². The van der Waals surface area contributed by atoms with Gasteiger partial charge in [0.1, 0.15) is 6.04 Å². The molecule has 0 saturated carbocycles. The summed E-state index contributed by atoms with van der Waals surface area (Å²) < 4.78 is 10.0. The Labute approximate surface area is 84.4 Å². The maximum atomic E-state index is 10.4. The van der Waals surface area contributed by atoms with Gasteiger partial charge in [-0.15, -0.1) is 0 Å².